The molecule has 0 spiro atoms. The van der Waals surface area contributed by atoms with E-state index in [9.17, 15) is 0 Å². The number of hydrogen-bond donors (Lipinski definition) is 2. The fourth-order valence-corrected chi connectivity index (χ4v) is 3.11. The average Bonchev–Trinajstić information content (AvgIpc) is 2.52. The van der Waals surface area contributed by atoms with Gasteiger partial charge in [-0.1, -0.05) is 32.3 Å². The molecular weight excluding hydrogens is 387 g/mol. The fourth-order valence-electron chi connectivity index (χ4n) is 3.11. The van der Waals surface area contributed by atoms with Crippen LogP contribution < -0.4 is 10.6 Å². The molecule has 0 aliphatic heterocycles. The monoisotopic (exact) mass is 416 g/mol. The van der Waals surface area contributed by atoms with Crippen LogP contribution in [0, 0.1) is 11.8 Å². The topological polar surface area (TPSA) is 49.3 Å². The average molecular weight is 416 g/mol. The van der Waals surface area contributed by atoms with Gasteiger partial charge in [0.1, 0.15) is 0 Å². The van der Waals surface area contributed by atoms with Crippen molar-refractivity contribution in [2.24, 2.45) is 16.8 Å². The Kier molecular flexibility index (Phi) is 9.43. The molecule has 0 radical (unpaired) electrons. The van der Waals surface area contributed by atoms with Crippen molar-refractivity contribution >= 4 is 29.9 Å². The zero-order valence-electron chi connectivity index (χ0n) is 13.7. The van der Waals surface area contributed by atoms with Gasteiger partial charge >= 0.3 is 0 Å². The molecule has 1 aromatic rings. The number of halogens is 1. The lowest BCUT2D eigenvalue weighted by molar-refractivity contribution is 0.270. The van der Waals surface area contributed by atoms with Gasteiger partial charge in [-0.3, -0.25) is 9.98 Å². The summed E-state index contributed by atoms with van der Waals surface area (Å²) in [5.41, 5.74) is 1.03. The summed E-state index contributed by atoms with van der Waals surface area (Å²) in [5, 5.41) is 6.72. The van der Waals surface area contributed by atoms with E-state index >= 15 is 0 Å². The first-order chi connectivity index (χ1) is 10.3. The SMILES string of the molecule is CN=C(NCCC1CCCC(C)C1)NCc1ccccn1.I. The third-order valence-corrected chi connectivity index (χ3v) is 4.28. The predicted octanol–water partition coefficient (Wildman–Crippen LogP) is 3.58. The Labute approximate surface area is 151 Å². The molecule has 4 nitrogen and oxygen atoms in total. The molecular formula is C17H29IN4. The van der Waals surface area contributed by atoms with E-state index < -0.39 is 0 Å². The largest absolute Gasteiger partial charge is 0.356 e. The van der Waals surface area contributed by atoms with Crippen LogP contribution in [0.3, 0.4) is 0 Å². The summed E-state index contributed by atoms with van der Waals surface area (Å²) in [7, 11) is 1.82. The van der Waals surface area contributed by atoms with Crippen LogP contribution in [-0.2, 0) is 6.54 Å². The van der Waals surface area contributed by atoms with E-state index in [0.29, 0.717) is 6.54 Å². The van der Waals surface area contributed by atoms with Crippen LogP contribution in [0.25, 0.3) is 0 Å². The van der Waals surface area contributed by atoms with Gasteiger partial charge in [-0.15, -0.1) is 24.0 Å². The number of aromatic nitrogens is 1. The first-order valence-electron chi connectivity index (χ1n) is 8.12. The fraction of sp³-hybridized carbons (Fsp3) is 0.647. The zero-order chi connectivity index (χ0) is 14.9. The van der Waals surface area contributed by atoms with E-state index in [-0.39, 0.29) is 24.0 Å². The molecule has 0 bridgehead atoms. The van der Waals surface area contributed by atoms with Crippen molar-refractivity contribution in [2.45, 2.75) is 45.6 Å². The highest BCUT2D eigenvalue weighted by Crippen LogP contribution is 2.30. The quantitative estimate of drug-likeness (QED) is 0.438. The number of nitrogens with zero attached hydrogens (tertiary/aromatic N) is 2. The number of aliphatic imine (C=N–C) groups is 1. The molecule has 124 valence electrons. The van der Waals surface area contributed by atoms with Crippen LogP contribution in [0.1, 0.15) is 44.7 Å². The summed E-state index contributed by atoms with van der Waals surface area (Å²) < 4.78 is 0. The Morgan fingerprint density at radius 1 is 1.32 bits per heavy atom. The highest BCUT2D eigenvalue weighted by atomic mass is 127. The Balaban J connectivity index is 0.00000242. The standard InChI is InChI=1S/C17H28N4.HI/c1-14-6-5-7-15(12-14)9-11-20-17(18-2)21-13-16-8-3-4-10-19-16;/h3-4,8,10,14-15H,5-7,9,11-13H2,1-2H3,(H2,18,20,21);1H. The third-order valence-electron chi connectivity index (χ3n) is 4.28. The highest BCUT2D eigenvalue weighted by Gasteiger charge is 2.18. The Morgan fingerprint density at radius 2 is 2.18 bits per heavy atom. The van der Waals surface area contributed by atoms with Gasteiger partial charge in [0.2, 0.25) is 0 Å². The van der Waals surface area contributed by atoms with E-state index in [1.807, 2.05) is 31.4 Å². The van der Waals surface area contributed by atoms with Crippen LogP contribution in [0.15, 0.2) is 29.4 Å². The van der Waals surface area contributed by atoms with Crippen LogP contribution in [0.5, 0.6) is 0 Å². The summed E-state index contributed by atoms with van der Waals surface area (Å²) in [6.45, 7) is 4.09. The van der Waals surface area contributed by atoms with Crippen molar-refractivity contribution in [3.05, 3.63) is 30.1 Å². The Morgan fingerprint density at radius 3 is 2.86 bits per heavy atom. The highest BCUT2D eigenvalue weighted by molar-refractivity contribution is 14.0. The van der Waals surface area contributed by atoms with Crippen LogP contribution in [-0.4, -0.2) is 24.5 Å². The molecule has 1 aliphatic rings. The maximum Gasteiger partial charge on any atom is 0.191 e. The van der Waals surface area contributed by atoms with Crippen LogP contribution >= 0.6 is 24.0 Å². The summed E-state index contributed by atoms with van der Waals surface area (Å²) in [4.78, 5) is 8.57. The van der Waals surface area contributed by atoms with Crippen molar-refractivity contribution in [2.75, 3.05) is 13.6 Å². The summed E-state index contributed by atoms with van der Waals surface area (Å²) in [5.74, 6) is 2.66. The van der Waals surface area contributed by atoms with Gasteiger partial charge in [0.25, 0.3) is 0 Å². The van der Waals surface area contributed by atoms with Gasteiger partial charge in [-0.2, -0.15) is 0 Å². The first kappa shape index (κ1) is 19.2. The molecule has 5 heteroatoms. The molecule has 2 atom stereocenters. The van der Waals surface area contributed by atoms with Crippen LogP contribution in [0.4, 0.5) is 0 Å². The molecule has 1 saturated carbocycles. The van der Waals surface area contributed by atoms with Crippen molar-refractivity contribution in [3.8, 4) is 0 Å². The molecule has 1 fully saturated rings. The smallest absolute Gasteiger partial charge is 0.191 e. The maximum absolute atomic E-state index is 4.30. The predicted molar refractivity (Wildman–Crippen MR) is 104 cm³/mol. The molecule has 2 N–H and O–H groups in total. The van der Waals surface area contributed by atoms with Gasteiger partial charge < -0.3 is 10.6 Å². The molecule has 1 aliphatic carbocycles. The summed E-state index contributed by atoms with van der Waals surface area (Å²) in [6, 6.07) is 5.95. The van der Waals surface area contributed by atoms with Crippen molar-refractivity contribution in [1.82, 2.24) is 15.6 Å². The Bertz CT molecular complexity index is 436. The van der Waals surface area contributed by atoms with Gasteiger partial charge in [0, 0.05) is 19.8 Å². The number of hydrogen-bond acceptors (Lipinski definition) is 2. The van der Waals surface area contributed by atoms with E-state index in [4.69, 9.17) is 0 Å². The van der Waals surface area contributed by atoms with Crippen LogP contribution in [0.2, 0.25) is 0 Å². The second-order valence-corrected chi connectivity index (χ2v) is 6.10. The third kappa shape index (κ3) is 6.94. The zero-order valence-corrected chi connectivity index (χ0v) is 16.0. The van der Waals surface area contributed by atoms with Gasteiger partial charge in [-0.25, -0.2) is 0 Å². The minimum Gasteiger partial charge on any atom is -0.356 e. The lowest BCUT2D eigenvalue weighted by atomic mass is 9.81. The molecule has 2 rings (SSSR count). The van der Waals surface area contributed by atoms with E-state index in [0.717, 1.165) is 30.0 Å². The lowest BCUT2D eigenvalue weighted by Crippen LogP contribution is -2.38. The molecule has 0 amide bonds. The number of pyridine rings is 1. The lowest BCUT2D eigenvalue weighted by Gasteiger charge is -2.26. The van der Waals surface area contributed by atoms with Gasteiger partial charge in [0.15, 0.2) is 5.96 Å². The molecule has 0 aromatic carbocycles. The van der Waals surface area contributed by atoms with E-state index in [1.165, 1.54) is 32.1 Å². The van der Waals surface area contributed by atoms with Gasteiger partial charge in [-0.05, 0) is 36.8 Å². The number of guanidine groups is 1. The Hall–Kier alpha value is -0.850. The second kappa shape index (κ2) is 10.8. The number of rotatable bonds is 5. The molecule has 1 aromatic heterocycles. The number of nitrogens with one attached hydrogen (secondary N) is 2. The molecule has 22 heavy (non-hydrogen) atoms. The van der Waals surface area contributed by atoms with Gasteiger partial charge in [0.05, 0.1) is 12.2 Å². The normalized spacial score (nSPS) is 21.8. The van der Waals surface area contributed by atoms with Crippen molar-refractivity contribution < 1.29 is 0 Å². The van der Waals surface area contributed by atoms with Crippen molar-refractivity contribution in [3.63, 3.8) is 0 Å². The molecule has 2 unspecified atom stereocenters. The maximum atomic E-state index is 4.30. The first-order valence-corrected chi connectivity index (χ1v) is 8.12. The summed E-state index contributed by atoms with van der Waals surface area (Å²) >= 11 is 0. The molecule has 1 heterocycles. The minimum absolute atomic E-state index is 0. The summed E-state index contributed by atoms with van der Waals surface area (Å²) in [6.07, 6.45) is 8.66. The van der Waals surface area contributed by atoms with E-state index in [1.54, 1.807) is 0 Å². The minimum atomic E-state index is 0. The van der Waals surface area contributed by atoms with Crippen molar-refractivity contribution in [1.29, 1.82) is 0 Å². The molecule has 0 saturated heterocycles. The van der Waals surface area contributed by atoms with E-state index in [2.05, 4.69) is 27.5 Å². The second-order valence-electron chi connectivity index (χ2n) is 6.10.